The van der Waals surface area contributed by atoms with Gasteiger partial charge in [0.1, 0.15) is 0 Å². The number of aliphatic carboxylic acids is 1. The molecule has 0 aromatic rings. The molecule has 0 aliphatic carbocycles. The largest absolute Gasteiger partial charge is 1.00 e. The summed E-state index contributed by atoms with van der Waals surface area (Å²) in [5.41, 5.74) is 0. The van der Waals surface area contributed by atoms with Crippen molar-refractivity contribution in [1.82, 2.24) is 0 Å². The summed E-state index contributed by atoms with van der Waals surface area (Å²) in [4.78, 5) is 9.00. The Morgan fingerprint density at radius 2 is 1.78 bits per heavy atom. The van der Waals surface area contributed by atoms with Gasteiger partial charge in [-0.3, -0.25) is 4.79 Å². The van der Waals surface area contributed by atoms with Gasteiger partial charge in [0.05, 0.1) is 0 Å². The summed E-state index contributed by atoms with van der Waals surface area (Å²) in [5, 5.41) is 7.42. The molecule has 0 aromatic carbocycles. The number of hydrogen-bond acceptors (Lipinski definition) is 1. The van der Waals surface area contributed by atoms with E-state index >= 15 is 0 Å². The predicted octanol–water partition coefficient (Wildman–Crippen LogP) is 1.71. The van der Waals surface area contributed by atoms with Crippen molar-refractivity contribution in [1.29, 1.82) is 0 Å². The maximum Gasteiger partial charge on any atom is 1.00 e. The normalized spacial score (nSPS) is 6.11. The Hall–Kier alpha value is -0.0105. The maximum absolute atomic E-state index is 9.00. The van der Waals surface area contributed by atoms with Gasteiger partial charge in [-0.05, 0) is 0 Å². The van der Waals surface area contributed by atoms with Crippen LogP contribution in [-0.2, 0) is 21.9 Å². The Morgan fingerprint density at radius 3 is 1.78 bits per heavy atom. The van der Waals surface area contributed by atoms with Gasteiger partial charge in [0.2, 0.25) is 0 Å². The molecular weight excluding hydrogens is 168 g/mol. The van der Waals surface area contributed by atoms with Crippen molar-refractivity contribution in [2.45, 2.75) is 26.7 Å². The van der Waals surface area contributed by atoms with Crippen LogP contribution in [0.3, 0.4) is 0 Å². The van der Waals surface area contributed by atoms with E-state index in [1.165, 1.54) is 6.42 Å². The number of hydrogen-bond donors (Lipinski definition) is 1. The van der Waals surface area contributed by atoms with Gasteiger partial charge < -0.3 is 12.0 Å². The smallest absolute Gasteiger partial charge is 0.481 e. The summed E-state index contributed by atoms with van der Waals surface area (Å²) in [7, 11) is 0. The fourth-order valence-corrected chi connectivity index (χ4v) is 0. The zero-order valence-corrected chi connectivity index (χ0v) is 6.72. The van der Waals surface area contributed by atoms with Crippen LogP contribution in [0.5, 0.6) is 0 Å². The Balaban J connectivity index is -0.0000000720. The first-order valence-corrected chi connectivity index (χ1v) is 2.63. The first-order valence-electron chi connectivity index (χ1n) is 2.63. The molecule has 0 unspecified atom stereocenters. The summed E-state index contributed by atoms with van der Waals surface area (Å²) in [5.74, 6) is -0.833. The van der Waals surface area contributed by atoms with Crippen molar-refractivity contribution in [3.63, 3.8) is 0 Å². The van der Waals surface area contributed by atoms with Crippen molar-refractivity contribution in [2.75, 3.05) is 0 Å². The van der Waals surface area contributed by atoms with E-state index in [0.717, 1.165) is 13.3 Å². The van der Waals surface area contributed by atoms with E-state index in [2.05, 4.69) is 13.8 Å². The zero-order valence-electron chi connectivity index (χ0n) is 5.78. The molecule has 0 atom stereocenters. The number of carboxylic acid groups (broad SMARTS) is 1. The van der Waals surface area contributed by atoms with Crippen LogP contribution in [0.1, 0.15) is 26.7 Å². The van der Waals surface area contributed by atoms with Crippen LogP contribution < -0.4 is 0 Å². The minimum atomic E-state index is -0.833. The van der Waals surface area contributed by atoms with Crippen LogP contribution in [-0.4, -0.2) is 11.1 Å². The molecule has 0 spiro atoms. The van der Waals surface area contributed by atoms with Gasteiger partial charge >= 0.3 is 17.1 Å². The molecule has 9 heavy (non-hydrogen) atoms. The molecule has 0 fully saturated rings. The molecule has 0 rings (SSSR count). The van der Waals surface area contributed by atoms with E-state index in [-0.39, 0.29) is 17.1 Å². The van der Waals surface area contributed by atoms with Gasteiger partial charge in [0.25, 0.3) is 5.97 Å². The first-order chi connectivity index (χ1) is 3.65. The second kappa shape index (κ2) is 15.7. The average molecular weight is 181 g/mol. The van der Waals surface area contributed by atoms with Crippen LogP contribution in [0, 0.1) is 6.92 Å². The second-order valence-electron chi connectivity index (χ2n) is 1.37. The Kier molecular flexibility index (Phi) is 27.9. The SMILES string of the molecule is CC(=O)O.[CH2-]CCC.[Cu+]. The van der Waals surface area contributed by atoms with E-state index in [9.17, 15) is 0 Å². The third kappa shape index (κ3) is 293. The predicted molar refractivity (Wildman–Crippen MR) is 33.6 cm³/mol. The third-order valence-electron chi connectivity index (χ3n) is 0.354. The van der Waals surface area contributed by atoms with E-state index < -0.39 is 5.97 Å². The quantitative estimate of drug-likeness (QED) is 0.493. The van der Waals surface area contributed by atoms with E-state index in [1.807, 2.05) is 0 Å². The summed E-state index contributed by atoms with van der Waals surface area (Å²) < 4.78 is 0. The van der Waals surface area contributed by atoms with Crippen molar-refractivity contribution in [3.05, 3.63) is 6.92 Å². The van der Waals surface area contributed by atoms with Crippen molar-refractivity contribution in [2.24, 2.45) is 0 Å². The van der Waals surface area contributed by atoms with Crippen molar-refractivity contribution < 1.29 is 27.0 Å². The number of carbonyl (C=O) groups is 1. The molecule has 0 aromatic heterocycles. The molecular formula is C6H13CuO2. The minimum absolute atomic E-state index is 0. The van der Waals surface area contributed by atoms with Crippen molar-refractivity contribution >= 4 is 5.97 Å². The Morgan fingerprint density at radius 1 is 1.67 bits per heavy atom. The topological polar surface area (TPSA) is 37.3 Å². The van der Waals surface area contributed by atoms with Crippen molar-refractivity contribution in [3.8, 4) is 0 Å². The molecule has 0 heterocycles. The minimum Gasteiger partial charge on any atom is -0.481 e. The van der Waals surface area contributed by atoms with Crippen LogP contribution in [0.4, 0.5) is 0 Å². The molecule has 2 nitrogen and oxygen atoms in total. The Bertz CT molecular complexity index is 49.0. The fraction of sp³-hybridized carbons (Fsp3) is 0.667. The molecule has 0 radical (unpaired) electrons. The second-order valence-corrected chi connectivity index (χ2v) is 1.37. The van der Waals surface area contributed by atoms with E-state index in [0.29, 0.717) is 0 Å². The molecule has 0 amide bonds. The number of carboxylic acids is 1. The van der Waals surface area contributed by atoms with Gasteiger partial charge in [0, 0.05) is 6.92 Å². The van der Waals surface area contributed by atoms with E-state index in [1.54, 1.807) is 0 Å². The molecule has 0 saturated heterocycles. The van der Waals surface area contributed by atoms with Gasteiger partial charge in [-0.1, -0.05) is 13.3 Å². The Labute approximate surface area is 67.1 Å². The summed E-state index contributed by atoms with van der Waals surface area (Å²) in [6, 6.07) is 0. The summed E-state index contributed by atoms with van der Waals surface area (Å²) in [6.07, 6.45) is 2.28. The molecule has 0 aliphatic rings. The van der Waals surface area contributed by atoms with E-state index in [4.69, 9.17) is 9.90 Å². The summed E-state index contributed by atoms with van der Waals surface area (Å²) in [6.45, 7) is 6.81. The first kappa shape index (κ1) is 16.0. The van der Waals surface area contributed by atoms with Gasteiger partial charge in [-0.15, -0.1) is 0 Å². The van der Waals surface area contributed by atoms with Gasteiger partial charge in [-0.2, -0.15) is 6.42 Å². The maximum atomic E-state index is 9.00. The third-order valence-corrected chi connectivity index (χ3v) is 0.354. The molecule has 0 bridgehead atoms. The molecule has 0 aliphatic heterocycles. The summed E-state index contributed by atoms with van der Waals surface area (Å²) >= 11 is 0. The molecule has 1 N–H and O–H groups in total. The number of unbranched alkanes of at least 4 members (excludes halogenated alkanes) is 1. The zero-order chi connectivity index (χ0) is 6.99. The van der Waals surface area contributed by atoms with Crippen LogP contribution >= 0.6 is 0 Å². The molecule has 0 saturated carbocycles. The fourth-order valence-electron chi connectivity index (χ4n) is 0. The van der Waals surface area contributed by atoms with Crippen LogP contribution in [0.2, 0.25) is 0 Å². The number of rotatable bonds is 1. The standard InChI is InChI=1S/C4H9.C2H4O2.Cu/c1-3-4-2;1-2(3)4;/h1,3-4H2,2H3;1H3,(H,3,4);/q-1;;+1. The average Bonchev–Trinajstić information content (AvgIpc) is 1.65. The molecule has 3 heteroatoms. The molecule has 60 valence electrons. The van der Waals surface area contributed by atoms with Gasteiger partial charge in [-0.25, -0.2) is 0 Å². The van der Waals surface area contributed by atoms with Gasteiger partial charge in [0.15, 0.2) is 0 Å². The monoisotopic (exact) mass is 180 g/mol. The van der Waals surface area contributed by atoms with Crippen LogP contribution in [0.25, 0.3) is 0 Å². The van der Waals surface area contributed by atoms with Crippen LogP contribution in [0.15, 0.2) is 0 Å².